The summed E-state index contributed by atoms with van der Waals surface area (Å²) in [5.41, 5.74) is 6.96. The second-order valence-corrected chi connectivity index (χ2v) is 17.8. The molecular formula is C46H71N9O14. The normalized spacial score (nSPS) is 18.6. The van der Waals surface area contributed by atoms with Crippen molar-refractivity contribution in [2.45, 2.75) is 103 Å². The summed E-state index contributed by atoms with van der Waals surface area (Å²) in [6.07, 6.45) is 0.555. The highest BCUT2D eigenvalue weighted by Crippen LogP contribution is 2.32. The average Bonchev–Trinajstić information content (AvgIpc) is 3.81. The largest absolute Gasteiger partial charge is 0.382 e. The van der Waals surface area contributed by atoms with Crippen molar-refractivity contribution in [1.82, 2.24) is 36.8 Å². The molecule has 9 N–H and O–H groups in total. The molecule has 4 rings (SSSR count). The molecule has 384 valence electrons. The number of rotatable bonds is 32. The van der Waals surface area contributed by atoms with E-state index in [2.05, 4.69) is 37.2 Å². The molecule has 3 aliphatic heterocycles. The highest BCUT2D eigenvalue weighted by molar-refractivity contribution is 6.25. The quantitative estimate of drug-likeness (QED) is 0.0246. The van der Waals surface area contributed by atoms with E-state index in [1.54, 1.807) is 26.0 Å². The first-order valence-corrected chi connectivity index (χ1v) is 23.7. The molecule has 23 heteroatoms. The Labute approximate surface area is 402 Å². The zero-order chi connectivity index (χ0) is 50.5. The van der Waals surface area contributed by atoms with E-state index in [1.165, 1.54) is 13.0 Å². The molecule has 23 nitrogen and oxygen atoms in total. The molecule has 3 heterocycles. The lowest BCUT2D eigenvalue weighted by atomic mass is 9.99. The molecule has 0 radical (unpaired) electrons. The molecule has 2 saturated heterocycles. The Balaban J connectivity index is 0.980. The van der Waals surface area contributed by atoms with Crippen molar-refractivity contribution < 1.29 is 66.8 Å². The van der Waals surface area contributed by atoms with Crippen molar-refractivity contribution in [3.8, 4) is 0 Å². The van der Waals surface area contributed by atoms with Gasteiger partial charge in [-0.2, -0.15) is 0 Å². The van der Waals surface area contributed by atoms with Crippen LogP contribution in [-0.4, -0.2) is 168 Å². The fraction of sp³-hybridized carbons (Fsp3) is 0.674. The smallest absolute Gasteiger partial charge is 0.264 e. The third-order valence-electron chi connectivity index (χ3n) is 11.4. The van der Waals surface area contributed by atoms with Crippen LogP contribution in [-0.2, 0) is 57.2 Å². The van der Waals surface area contributed by atoms with Crippen LogP contribution < -0.4 is 43.0 Å². The Bertz CT molecular complexity index is 1950. The van der Waals surface area contributed by atoms with Gasteiger partial charge in [-0.05, 0) is 56.6 Å². The van der Waals surface area contributed by atoms with Gasteiger partial charge in [0.2, 0.25) is 41.4 Å². The van der Waals surface area contributed by atoms with Crippen LogP contribution in [0, 0.1) is 17.8 Å². The summed E-state index contributed by atoms with van der Waals surface area (Å²) in [5.74, 6) is -4.99. The van der Waals surface area contributed by atoms with Gasteiger partial charge in [0, 0.05) is 37.5 Å². The highest BCUT2D eigenvalue weighted by atomic mass is 16.6. The molecule has 0 saturated carbocycles. The Morgan fingerprint density at radius 3 is 1.93 bits per heavy atom. The van der Waals surface area contributed by atoms with E-state index >= 15 is 0 Å². The fourth-order valence-electron chi connectivity index (χ4n) is 7.74. The number of piperidine rings is 1. The van der Waals surface area contributed by atoms with Gasteiger partial charge in [-0.25, -0.2) is 0 Å². The number of nitrogens with two attached hydrogens (primary N) is 1. The molecule has 0 aromatic heterocycles. The van der Waals surface area contributed by atoms with Crippen molar-refractivity contribution in [1.29, 1.82) is 0 Å². The summed E-state index contributed by atoms with van der Waals surface area (Å²) in [4.78, 5) is 115. The molecule has 1 unspecified atom stereocenters. The maximum absolute atomic E-state index is 13.4. The van der Waals surface area contributed by atoms with Gasteiger partial charge in [-0.1, -0.05) is 33.8 Å². The Hall–Kier alpha value is -5.59. The summed E-state index contributed by atoms with van der Waals surface area (Å²) in [5, 5.41) is 18.8. The molecule has 3 aliphatic rings. The van der Waals surface area contributed by atoms with E-state index in [1.807, 2.05) is 13.8 Å². The molecule has 1 aromatic rings. The number of imide groups is 2. The van der Waals surface area contributed by atoms with E-state index < -0.39 is 77.6 Å². The first kappa shape index (κ1) is 56.0. The van der Waals surface area contributed by atoms with Crippen molar-refractivity contribution in [3.05, 3.63) is 29.3 Å². The summed E-state index contributed by atoms with van der Waals surface area (Å²) in [6.45, 7) is 12.6. The third kappa shape index (κ3) is 18.0. The molecule has 1 aromatic carbocycles. The summed E-state index contributed by atoms with van der Waals surface area (Å²) in [6, 6.07) is 0.931. The number of fused-ring (bicyclic) bond motifs is 1. The maximum Gasteiger partial charge on any atom is 0.264 e. The first-order valence-electron chi connectivity index (χ1n) is 23.7. The average molecular weight is 974 g/mol. The van der Waals surface area contributed by atoms with Gasteiger partial charge in [0.1, 0.15) is 24.2 Å². The maximum atomic E-state index is 13.4. The number of nitrogens with zero attached hydrogens (tertiary/aromatic N) is 1. The van der Waals surface area contributed by atoms with Gasteiger partial charge in [0.05, 0.1) is 83.4 Å². The minimum Gasteiger partial charge on any atom is -0.382 e. The zero-order valence-electron chi connectivity index (χ0n) is 40.3. The molecule has 9 amide bonds. The molecule has 0 bridgehead atoms. The van der Waals surface area contributed by atoms with Gasteiger partial charge in [0.25, 0.3) is 11.8 Å². The number of hydrogen-bond donors (Lipinski definition) is 8. The lowest BCUT2D eigenvalue weighted by Gasteiger charge is -2.28. The summed E-state index contributed by atoms with van der Waals surface area (Å²) < 4.78 is 27.6. The topological polar surface area (TPSA) is 313 Å². The van der Waals surface area contributed by atoms with Crippen LogP contribution in [0.1, 0.15) is 93.9 Å². The Morgan fingerprint density at radius 2 is 1.35 bits per heavy atom. The Morgan fingerprint density at radius 1 is 0.725 bits per heavy atom. The van der Waals surface area contributed by atoms with E-state index in [4.69, 9.17) is 29.4 Å². The number of amides is 9. The summed E-state index contributed by atoms with van der Waals surface area (Å²) in [7, 11) is 0. The summed E-state index contributed by atoms with van der Waals surface area (Å²) >= 11 is 0. The number of benzene rings is 1. The van der Waals surface area contributed by atoms with Crippen LogP contribution >= 0.6 is 0 Å². The predicted molar refractivity (Wildman–Crippen MR) is 248 cm³/mol. The van der Waals surface area contributed by atoms with Gasteiger partial charge in [-0.3, -0.25) is 53.4 Å². The zero-order valence-corrected chi connectivity index (χ0v) is 40.3. The van der Waals surface area contributed by atoms with Crippen LogP contribution in [0.3, 0.4) is 0 Å². The van der Waals surface area contributed by atoms with E-state index in [0.717, 1.165) is 4.90 Å². The van der Waals surface area contributed by atoms with E-state index in [0.29, 0.717) is 77.9 Å². The van der Waals surface area contributed by atoms with Crippen LogP contribution in [0.25, 0.3) is 0 Å². The molecule has 0 aliphatic carbocycles. The van der Waals surface area contributed by atoms with Crippen LogP contribution in [0.5, 0.6) is 0 Å². The van der Waals surface area contributed by atoms with Crippen LogP contribution in [0.2, 0.25) is 0 Å². The van der Waals surface area contributed by atoms with E-state index in [9.17, 15) is 43.2 Å². The lowest BCUT2D eigenvalue weighted by molar-refractivity contribution is -0.136. The lowest BCUT2D eigenvalue weighted by Crippen LogP contribution is -2.59. The number of ether oxygens (including phenoxy) is 5. The van der Waals surface area contributed by atoms with Gasteiger partial charge in [-0.15, -0.1) is 0 Å². The third-order valence-corrected chi connectivity index (χ3v) is 11.4. The van der Waals surface area contributed by atoms with Crippen molar-refractivity contribution in [2.75, 3.05) is 84.5 Å². The van der Waals surface area contributed by atoms with Gasteiger partial charge >= 0.3 is 0 Å². The predicted octanol–water partition coefficient (Wildman–Crippen LogP) is -0.924. The molecular weight excluding hydrogens is 903 g/mol. The van der Waals surface area contributed by atoms with Crippen LogP contribution in [0.15, 0.2) is 18.2 Å². The highest BCUT2D eigenvalue weighted by Gasteiger charge is 2.45. The fourth-order valence-corrected chi connectivity index (χ4v) is 7.74. The second-order valence-electron chi connectivity index (χ2n) is 17.8. The number of hydrogen-bond acceptors (Lipinski definition) is 16. The van der Waals surface area contributed by atoms with Gasteiger partial charge < -0.3 is 61.3 Å². The van der Waals surface area contributed by atoms with Gasteiger partial charge in [0.15, 0.2) is 0 Å². The second kappa shape index (κ2) is 28.8. The SMILES string of the molecule is CC(C)C[C@H](NC(=O)[C@@H](NC(=O)[C@H](C)NC(=O)CCOCCOCCOCCOCCOCCNc1cccc2c1C(=O)N(C1CCC(=O)NC1=O)C2=O)C(C)C)C(=O)N[C@H](N)C[C@@H]1CCNC1=O. The molecule has 6 atom stereocenters. The number of nitrogens with one attached hydrogen (secondary N) is 7. The number of carbonyl (C=O) groups is 9. The minimum atomic E-state index is -1.04. The monoisotopic (exact) mass is 974 g/mol. The molecule has 2 fully saturated rings. The Kier molecular flexibility index (Phi) is 23.4. The standard InChI is InChI=1S/C46H71N9O14/c1-27(2)25-33(42(60)52-35(47)26-30-11-13-49-41(30)59)51-44(62)39(28(3)4)54-40(58)29(5)50-37(57)12-15-65-17-19-67-21-23-69-24-22-68-20-18-66-16-14-48-32-8-6-7-31-38(32)46(64)55(45(31)63)34-9-10-36(56)53-43(34)61/h6-8,27-30,33-35,39,48H,9-26,47H2,1-5H3,(H,49,59)(H,50,57)(H,51,62)(H,52,60)(H,54,58)(H,53,56,61)/t29-,30-,33-,34?,35-,39-/m0/s1. The van der Waals surface area contributed by atoms with Crippen molar-refractivity contribution in [2.24, 2.45) is 23.5 Å². The van der Waals surface area contributed by atoms with Crippen molar-refractivity contribution >= 4 is 58.9 Å². The molecule has 69 heavy (non-hydrogen) atoms. The van der Waals surface area contributed by atoms with Crippen molar-refractivity contribution in [3.63, 3.8) is 0 Å². The minimum absolute atomic E-state index is 0.00835. The number of anilines is 1. The number of carbonyl (C=O) groups excluding carboxylic acids is 9. The van der Waals surface area contributed by atoms with Crippen LogP contribution in [0.4, 0.5) is 5.69 Å². The first-order chi connectivity index (χ1) is 33.0. The molecule has 0 spiro atoms. The van der Waals surface area contributed by atoms with E-state index in [-0.39, 0.29) is 80.3 Å².